The summed E-state index contributed by atoms with van der Waals surface area (Å²) in [6, 6.07) is 0. The summed E-state index contributed by atoms with van der Waals surface area (Å²) >= 11 is 0. The lowest BCUT2D eigenvalue weighted by Gasteiger charge is -2.16. The molecule has 1 rings (SSSR count). The summed E-state index contributed by atoms with van der Waals surface area (Å²) in [6.45, 7) is 6.06. The van der Waals surface area contributed by atoms with Crippen molar-refractivity contribution in [3.8, 4) is 0 Å². The first-order chi connectivity index (χ1) is 9.32. The Morgan fingerprint density at radius 3 is 2.30 bits per heavy atom. The molecule has 0 aromatic heterocycles. The number of aliphatic carboxylic acids is 1. The van der Waals surface area contributed by atoms with E-state index in [0.29, 0.717) is 12.5 Å². The zero-order chi connectivity index (χ0) is 15.3. The van der Waals surface area contributed by atoms with Crippen LogP contribution in [0.1, 0.15) is 33.6 Å². The van der Waals surface area contributed by atoms with Crippen LogP contribution in [0.25, 0.3) is 0 Å². The Kier molecular flexibility index (Phi) is 5.98. The maximum Gasteiger partial charge on any atom is 0.308 e. The van der Waals surface area contributed by atoms with Crippen molar-refractivity contribution >= 4 is 17.8 Å². The van der Waals surface area contributed by atoms with Crippen molar-refractivity contribution in [1.82, 2.24) is 10.6 Å². The van der Waals surface area contributed by atoms with Gasteiger partial charge in [-0.15, -0.1) is 0 Å². The van der Waals surface area contributed by atoms with Gasteiger partial charge >= 0.3 is 5.97 Å². The SMILES string of the molecule is CC(C)C(CNC(=O)CCNC(=O)C1CC1C)C(=O)O. The van der Waals surface area contributed by atoms with E-state index < -0.39 is 11.9 Å². The summed E-state index contributed by atoms with van der Waals surface area (Å²) in [7, 11) is 0. The van der Waals surface area contributed by atoms with Crippen molar-refractivity contribution in [2.24, 2.45) is 23.7 Å². The monoisotopic (exact) mass is 284 g/mol. The molecule has 20 heavy (non-hydrogen) atoms. The lowest BCUT2D eigenvalue weighted by atomic mass is 9.96. The predicted molar refractivity (Wildman–Crippen MR) is 73.9 cm³/mol. The number of hydrogen-bond donors (Lipinski definition) is 3. The maximum atomic E-state index is 11.6. The van der Waals surface area contributed by atoms with Gasteiger partial charge in [-0.25, -0.2) is 0 Å². The molecule has 6 heteroatoms. The van der Waals surface area contributed by atoms with Crippen LogP contribution in [0.15, 0.2) is 0 Å². The van der Waals surface area contributed by atoms with Gasteiger partial charge < -0.3 is 15.7 Å². The number of rotatable bonds is 8. The fourth-order valence-electron chi connectivity index (χ4n) is 2.04. The van der Waals surface area contributed by atoms with E-state index in [1.165, 1.54) is 0 Å². The molecule has 3 unspecified atom stereocenters. The van der Waals surface area contributed by atoms with E-state index >= 15 is 0 Å². The topological polar surface area (TPSA) is 95.5 Å². The number of carbonyl (C=O) groups excluding carboxylic acids is 2. The quantitative estimate of drug-likeness (QED) is 0.609. The number of carbonyl (C=O) groups is 3. The van der Waals surface area contributed by atoms with Gasteiger partial charge in [-0.3, -0.25) is 14.4 Å². The van der Waals surface area contributed by atoms with Crippen LogP contribution in [-0.4, -0.2) is 36.0 Å². The van der Waals surface area contributed by atoms with E-state index in [1.807, 2.05) is 20.8 Å². The normalized spacial score (nSPS) is 22.2. The van der Waals surface area contributed by atoms with Gasteiger partial charge in [-0.2, -0.15) is 0 Å². The molecule has 3 N–H and O–H groups in total. The second-order valence-electron chi connectivity index (χ2n) is 5.85. The molecule has 0 aromatic carbocycles. The lowest BCUT2D eigenvalue weighted by molar-refractivity contribution is -0.143. The number of amides is 2. The number of carboxylic acids is 1. The van der Waals surface area contributed by atoms with Crippen molar-refractivity contribution < 1.29 is 19.5 Å². The molecule has 0 aliphatic heterocycles. The van der Waals surface area contributed by atoms with Crippen LogP contribution in [0.4, 0.5) is 0 Å². The van der Waals surface area contributed by atoms with E-state index in [9.17, 15) is 14.4 Å². The van der Waals surface area contributed by atoms with Gasteiger partial charge in [0.2, 0.25) is 11.8 Å². The highest BCUT2D eigenvalue weighted by Gasteiger charge is 2.38. The molecule has 0 bridgehead atoms. The zero-order valence-corrected chi connectivity index (χ0v) is 12.3. The van der Waals surface area contributed by atoms with Crippen molar-refractivity contribution in [2.45, 2.75) is 33.6 Å². The van der Waals surface area contributed by atoms with Crippen LogP contribution >= 0.6 is 0 Å². The molecule has 0 saturated heterocycles. The molecule has 0 radical (unpaired) electrons. The highest BCUT2D eigenvalue weighted by molar-refractivity contribution is 5.82. The molecule has 6 nitrogen and oxygen atoms in total. The van der Waals surface area contributed by atoms with Gasteiger partial charge in [-0.1, -0.05) is 20.8 Å². The maximum absolute atomic E-state index is 11.6. The molecule has 3 atom stereocenters. The molecule has 0 spiro atoms. The number of nitrogens with one attached hydrogen (secondary N) is 2. The molecule has 1 fully saturated rings. The first-order valence-electron chi connectivity index (χ1n) is 7.10. The zero-order valence-electron chi connectivity index (χ0n) is 12.3. The molecule has 2 amide bonds. The average Bonchev–Trinajstić information content (AvgIpc) is 3.05. The van der Waals surface area contributed by atoms with Crippen molar-refractivity contribution in [3.05, 3.63) is 0 Å². The van der Waals surface area contributed by atoms with Gasteiger partial charge in [0.25, 0.3) is 0 Å². The third kappa shape index (κ3) is 5.19. The molecule has 1 saturated carbocycles. The second-order valence-corrected chi connectivity index (χ2v) is 5.85. The van der Waals surface area contributed by atoms with E-state index in [-0.39, 0.29) is 36.6 Å². The molecule has 0 aromatic rings. The Balaban J connectivity index is 2.16. The minimum Gasteiger partial charge on any atom is -0.481 e. The largest absolute Gasteiger partial charge is 0.481 e. The van der Waals surface area contributed by atoms with Crippen molar-refractivity contribution in [3.63, 3.8) is 0 Å². The van der Waals surface area contributed by atoms with Gasteiger partial charge in [0.05, 0.1) is 5.92 Å². The third-order valence-electron chi connectivity index (χ3n) is 3.74. The van der Waals surface area contributed by atoms with Crippen LogP contribution < -0.4 is 10.6 Å². The van der Waals surface area contributed by atoms with Crippen LogP contribution in [0, 0.1) is 23.7 Å². The van der Waals surface area contributed by atoms with E-state index in [2.05, 4.69) is 10.6 Å². The minimum absolute atomic E-state index is 0.0101. The van der Waals surface area contributed by atoms with Gasteiger partial charge in [0.15, 0.2) is 0 Å². The first-order valence-corrected chi connectivity index (χ1v) is 7.10. The minimum atomic E-state index is -0.906. The van der Waals surface area contributed by atoms with Gasteiger partial charge in [-0.05, 0) is 18.3 Å². The molecule has 114 valence electrons. The molecular formula is C14H24N2O4. The summed E-state index contributed by atoms with van der Waals surface area (Å²) in [5, 5.41) is 14.3. The second kappa shape index (κ2) is 7.26. The van der Waals surface area contributed by atoms with E-state index in [0.717, 1.165) is 6.42 Å². The molecule has 1 aliphatic carbocycles. The highest BCUT2D eigenvalue weighted by atomic mass is 16.4. The first kappa shape index (κ1) is 16.5. The number of hydrogen-bond acceptors (Lipinski definition) is 3. The van der Waals surface area contributed by atoms with Gasteiger partial charge in [0.1, 0.15) is 0 Å². The lowest BCUT2D eigenvalue weighted by Crippen LogP contribution is -2.37. The Morgan fingerprint density at radius 2 is 1.85 bits per heavy atom. The van der Waals surface area contributed by atoms with Crippen molar-refractivity contribution in [2.75, 3.05) is 13.1 Å². The fraction of sp³-hybridized carbons (Fsp3) is 0.786. The summed E-state index contributed by atoms with van der Waals surface area (Å²) < 4.78 is 0. The van der Waals surface area contributed by atoms with Crippen LogP contribution in [0.5, 0.6) is 0 Å². The summed E-state index contributed by atoms with van der Waals surface area (Å²) in [5.41, 5.74) is 0. The Labute approximate surface area is 119 Å². The van der Waals surface area contributed by atoms with Crippen LogP contribution in [0.2, 0.25) is 0 Å². The summed E-state index contributed by atoms with van der Waals surface area (Å²) in [4.78, 5) is 34.1. The van der Waals surface area contributed by atoms with Crippen LogP contribution in [0.3, 0.4) is 0 Å². The number of carboxylic acid groups (broad SMARTS) is 1. The Bertz CT molecular complexity index is 381. The van der Waals surface area contributed by atoms with Crippen LogP contribution in [-0.2, 0) is 14.4 Å². The smallest absolute Gasteiger partial charge is 0.308 e. The van der Waals surface area contributed by atoms with Crippen molar-refractivity contribution in [1.29, 1.82) is 0 Å². The molecular weight excluding hydrogens is 260 g/mol. The average molecular weight is 284 g/mol. The Hall–Kier alpha value is -1.59. The predicted octanol–water partition coefficient (Wildman–Crippen LogP) is 0.622. The fourth-order valence-corrected chi connectivity index (χ4v) is 2.04. The summed E-state index contributed by atoms with van der Waals surface area (Å²) in [6.07, 6.45) is 1.10. The Morgan fingerprint density at radius 1 is 1.25 bits per heavy atom. The standard InChI is InChI=1S/C14H24N2O4/c1-8(2)11(14(19)20)7-16-12(17)4-5-15-13(18)10-6-9(10)3/h8-11H,4-7H2,1-3H3,(H,15,18)(H,16,17)(H,19,20). The highest BCUT2D eigenvalue weighted by Crippen LogP contribution is 2.37. The van der Waals surface area contributed by atoms with Gasteiger partial charge in [0, 0.05) is 25.4 Å². The molecule has 0 heterocycles. The third-order valence-corrected chi connectivity index (χ3v) is 3.74. The molecule has 1 aliphatic rings. The van der Waals surface area contributed by atoms with E-state index in [4.69, 9.17) is 5.11 Å². The summed E-state index contributed by atoms with van der Waals surface area (Å²) in [5.74, 6) is -1.19. The van der Waals surface area contributed by atoms with E-state index in [1.54, 1.807) is 0 Å².